The Morgan fingerprint density at radius 3 is 2.71 bits per heavy atom. The van der Waals surface area contributed by atoms with Crippen LogP contribution in [0.4, 0.5) is 10.2 Å². The first kappa shape index (κ1) is 15.7. The molecule has 0 fully saturated rings. The summed E-state index contributed by atoms with van der Waals surface area (Å²) < 4.78 is 13.5. The number of hydrogen-bond donors (Lipinski definition) is 1. The maximum atomic E-state index is 13.5. The average molecular weight is 308 g/mol. The van der Waals surface area contributed by atoms with E-state index < -0.39 is 0 Å². The van der Waals surface area contributed by atoms with E-state index in [1.54, 1.807) is 6.07 Å². The van der Waals surface area contributed by atoms with Crippen LogP contribution in [0, 0.1) is 5.82 Å². The maximum absolute atomic E-state index is 13.5. The molecule has 2 rings (SSSR count). The van der Waals surface area contributed by atoms with E-state index in [9.17, 15) is 4.39 Å². The van der Waals surface area contributed by atoms with Gasteiger partial charge in [-0.2, -0.15) is 0 Å². The summed E-state index contributed by atoms with van der Waals surface area (Å²) in [5.74, 6) is 0.488. The smallest absolute Gasteiger partial charge is 0.133 e. The van der Waals surface area contributed by atoms with Crippen LogP contribution in [0.25, 0.3) is 11.3 Å². The fourth-order valence-electron chi connectivity index (χ4n) is 2.21. The highest BCUT2D eigenvalue weighted by molar-refractivity contribution is 6.33. The molecule has 5 heteroatoms. The molecule has 21 heavy (non-hydrogen) atoms. The van der Waals surface area contributed by atoms with Gasteiger partial charge in [-0.3, -0.25) is 0 Å². The van der Waals surface area contributed by atoms with E-state index >= 15 is 0 Å². The first-order valence-corrected chi connectivity index (χ1v) is 7.58. The molecule has 0 unspecified atom stereocenters. The fourth-order valence-corrected chi connectivity index (χ4v) is 2.41. The number of aromatic nitrogens is 2. The molecule has 1 aromatic heterocycles. The number of hydrogen-bond acceptors (Lipinski definition) is 3. The molecule has 3 nitrogen and oxygen atoms in total. The molecule has 0 bridgehead atoms. The quantitative estimate of drug-likeness (QED) is 0.839. The Morgan fingerprint density at radius 2 is 2.00 bits per heavy atom. The van der Waals surface area contributed by atoms with Crippen LogP contribution in [0.5, 0.6) is 0 Å². The van der Waals surface area contributed by atoms with Crippen molar-refractivity contribution in [3.05, 3.63) is 40.9 Å². The molecule has 1 aromatic carbocycles. The van der Waals surface area contributed by atoms with Gasteiger partial charge in [0.15, 0.2) is 0 Å². The van der Waals surface area contributed by atoms with Gasteiger partial charge in [-0.15, -0.1) is 0 Å². The highest BCUT2D eigenvalue weighted by atomic mass is 35.5. The van der Waals surface area contributed by atoms with Crippen LogP contribution in [0.3, 0.4) is 0 Å². The minimum atomic E-state index is -0.321. The summed E-state index contributed by atoms with van der Waals surface area (Å²) in [6.45, 7) is 5.02. The lowest BCUT2D eigenvalue weighted by molar-refractivity contribution is 0.628. The Bertz CT molecular complexity index is 616. The van der Waals surface area contributed by atoms with E-state index in [1.165, 1.54) is 18.5 Å². The monoisotopic (exact) mass is 307 g/mol. The minimum Gasteiger partial charge on any atom is -0.370 e. The van der Waals surface area contributed by atoms with E-state index in [1.807, 2.05) is 0 Å². The van der Waals surface area contributed by atoms with Crippen molar-refractivity contribution < 1.29 is 4.39 Å². The Morgan fingerprint density at radius 1 is 1.19 bits per heavy atom. The van der Waals surface area contributed by atoms with E-state index in [0.717, 1.165) is 37.2 Å². The molecule has 0 radical (unpaired) electrons. The van der Waals surface area contributed by atoms with E-state index in [4.69, 9.17) is 11.6 Å². The van der Waals surface area contributed by atoms with Gasteiger partial charge in [0.2, 0.25) is 0 Å². The summed E-state index contributed by atoms with van der Waals surface area (Å²) in [6.07, 6.45) is 4.27. The predicted molar refractivity (Wildman–Crippen MR) is 85.2 cm³/mol. The van der Waals surface area contributed by atoms with Crippen LogP contribution >= 0.6 is 11.6 Å². The summed E-state index contributed by atoms with van der Waals surface area (Å²) in [6, 6.07) is 4.33. The predicted octanol–water partition coefficient (Wildman–Crippen LogP) is 4.71. The molecule has 0 spiro atoms. The molecule has 0 aliphatic heterocycles. The molecule has 0 saturated heterocycles. The van der Waals surface area contributed by atoms with Crippen LogP contribution in [0.2, 0.25) is 5.02 Å². The van der Waals surface area contributed by atoms with Crippen LogP contribution in [0.1, 0.15) is 32.3 Å². The molecular weight excluding hydrogens is 289 g/mol. The van der Waals surface area contributed by atoms with E-state index in [0.29, 0.717) is 16.3 Å². The molecule has 2 aromatic rings. The Labute approximate surface area is 129 Å². The molecule has 112 valence electrons. The number of halogens is 2. The SMILES string of the molecule is CCCNc1ncnc(-c2cc(F)ccc2Cl)c1CCC. The zero-order valence-electron chi connectivity index (χ0n) is 12.3. The van der Waals surface area contributed by atoms with Crippen LogP contribution in [0.15, 0.2) is 24.5 Å². The Hall–Kier alpha value is -1.68. The average Bonchev–Trinajstić information content (AvgIpc) is 2.49. The van der Waals surface area contributed by atoms with Gasteiger partial charge in [0.25, 0.3) is 0 Å². The van der Waals surface area contributed by atoms with E-state index in [2.05, 4.69) is 29.1 Å². The summed E-state index contributed by atoms with van der Waals surface area (Å²) in [7, 11) is 0. The van der Waals surface area contributed by atoms with Crippen molar-refractivity contribution in [2.24, 2.45) is 0 Å². The number of rotatable bonds is 6. The van der Waals surface area contributed by atoms with Gasteiger partial charge < -0.3 is 5.32 Å². The number of nitrogens with zero attached hydrogens (tertiary/aromatic N) is 2. The topological polar surface area (TPSA) is 37.8 Å². The van der Waals surface area contributed by atoms with Crippen molar-refractivity contribution in [2.75, 3.05) is 11.9 Å². The van der Waals surface area contributed by atoms with Crippen LogP contribution in [-0.4, -0.2) is 16.5 Å². The highest BCUT2D eigenvalue weighted by Gasteiger charge is 2.15. The molecule has 0 saturated carbocycles. The van der Waals surface area contributed by atoms with Crippen molar-refractivity contribution in [1.82, 2.24) is 9.97 Å². The largest absolute Gasteiger partial charge is 0.370 e. The number of benzene rings is 1. The van der Waals surface area contributed by atoms with Gasteiger partial charge in [-0.25, -0.2) is 14.4 Å². The minimum absolute atomic E-state index is 0.321. The second-order valence-corrected chi connectivity index (χ2v) is 5.26. The molecule has 0 atom stereocenters. The van der Waals surface area contributed by atoms with Crippen LogP contribution < -0.4 is 5.32 Å². The summed E-state index contributed by atoms with van der Waals surface area (Å²) in [4.78, 5) is 8.65. The van der Waals surface area contributed by atoms with Crippen LogP contribution in [-0.2, 0) is 6.42 Å². The highest BCUT2D eigenvalue weighted by Crippen LogP contribution is 2.32. The van der Waals surface area contributed by atoms with Crippen molar-refractivity contribution in [3.63, 3.8) is 0 Å². The normalized spacial score (nSPS) is 10.7. The lowest BCUT2D eigenvalue weighted by atomic mass is 10.0. The zero-order valence-corrected chi connectivity index (χ0v) is 13.0. The molecule has 0 aliphatic carbocycles. The van der Waals surface area contributed by atoms with Crippen molar-refractivity contribution in [3.8, 4) is 11.3 Å². The van der Waals surface area contributed by atoms with Gasteiger partial charge in [0.1, 0.15) is 18.0 Å². The van der Waals surface area contributed by atoms with Gasteiger partial charge in [0.05, 0.1) is 10.7 Å². The molecular formula is C16H19ClFN3. The van der Waals surface area contributed by atoms with Gasteiger partial charge in [-0.1, -0.05) is 31.9 Å². The molecule has 1 N–H and O–H groups in total. The summed E-state index contributed by atoms with van der Waals surface area (Å²) >= 11 is 6.21. The third kappa shape index (κ3) is 3.70. The molecule has 1 heterocycles. The fraction of sp³-hybridized carbons (Fsp3) is 0.375. The first-order valence-electron chi connectivity index (χ1n) is 7.20. The Kier molecular flexibility index (Phi) is 5.51. The Balaban J connectivity index is 2.53. The number of nitrogens with one attached hydrogen (secondary N) is 1. The van der Waals surface area contributed by atoms with E-state index in [-0.39, 0.29) is 5.82 Å². The molecule has 0 aliphatic rings. The second kappa shape index (κ2) is 7.36. The maximum Gasteiger partial charge on any atom is 0.133 e. The summed E-state index contributed by atoms with van der Waals surface area (Å²) in [5, 5.41) is 3.80. The third-order valence-corrected chi connectivity index (χ3v) is 3.50. The van der Waals surface area contributed by atoms with Crippen molar-refractivity contribution >= 4 is 17.4 Å². The lowest BCUT2D eigenvalue weighted by Crippen LogP contribution is -2.08. The van der Waals surface area contributed by atoms with Gasteiger partial charge in [-0.05, 0) is 31.0 Å². The molecule has 0 amide bonds. The second-order valence-electron chi connectivity index (χ2n) is 4.85. The standard InChI is InChI=1S/C16H19ClFN3/c1-3-5-12-15(13-9-11(18)6-7-14(13)17)20-10-21-16(12)19-8-4-2/h6-7,9-10H,3-5,8H2,1-2H3,(H,19,20,21). The van der Waals surface area contributed by atoms with Gasteiger partial charge >= 0.3 is 0 Å². The lowest BCUT2D eigenvalue weighted by Gasteiger charge is -2.14. The first-order chi connectivity index (χ1) is 10.2. The van der Waals surface area contributed by atoms with Gasteiger partial charge in [0, 0.05) is 17.7 Å². The van der Waals surface area contributed by atoms with Crippen molar-refractivity contribution in [2.45, 2.75) is 33.1 Å². The third-order valence-electron chi connectivity index (χ3n) is 3.17. The number of anilines is 1. The van der Waals surface area contributed by atoms with Crippen molar-refractivity contribution in [1.29, 1.82) is 0 Å². The zero-order chi connectivity index (χ0) is 15.2. The summed E-state index contributed by atoms with van der Waals surface area (Å²) in [5.41, 5.74) is 2.30.